The van der Waals surface area contributed by atoms with Gasteiger partial charge in [0.15, 0.2) is 5.82 Å². The molecule has 1 unspecified atom stereocenters. The van der Waals surface area contributed by atoms with Gasteiger partial charge < -0.3 is 19.9 Å². The molecule has 0 aromatic carbocycles. The minimum absolute atomic E-state index is 0.104. The summed E-state index contributed by atoms with van der Waals surface area (Å²) in [4.78, 5) is 11.8. The van der Waals surface area contributed by atoms with Crippen molar-refractivity contribution in [1.82, 2.24) is 25.4 Å². The molecule has 0 aliphatic carbocycles. The Morgan fingerprint density at radius 1 is 1.63 bits per heavy atom. The van der Waals surface area contributed by atoms with Gasteiger partial charge in [-0.25, -0.2) is 0 Å². The number of nitrogens with one attached hydrogen (secondary N) is 2. The van der Waals surface area contributed by atoms with E-state index < -0.39 is 0 Å². The van der Waals surface area contributed by atoms with Crippen LogP contribution in [0.15, 0.2) is 6.33 Å². The average Bonchev–Trinajstić information content (AvgIpc) is 2.84. The van der Waals surface area contributed by atoms with Gasteiger partial charge in [0.1, 0.15) is 12.9 Å². The molecule has 7 nitrogen and oxygen atoms in total. The molecule has 2 N–H and O–H groups in total. The fraction of sp³-hybridized carbons (Fsp3) is 0.750. The number of ether oxygens (including phenoxy) is 1. The van der Waals surface area contributed by atoms with Crippen molar-refractivity contribution in [3.63, 3.8) is 0 Å². The Balaban J connectivity index is 1.73. The third-order valence-corrected chi connectivity index (χ3v) is 3.25. The van der Waals surface area contributed by atoms with Gasteiger partial charge in [-0.05, 0) is 32.9 Å². The van der Waals surface area contributed by atoms with Crippen molar-refractivity contribution >= 4 is 5.91 Å². The van der Waals surface area contributed by atoms with Gasteiger partial charge in [0, 0.05) is 7.05 Å². The number of aryl methyl sites for hydroxylation is 1. The summed E-state index contributed by atoms with van der Waals surface area (Å²) in [5.41, 5.74) is 0. The zero-order valence-corrected chi connectivity index (χ0v) is 11.4. The Bertz CT molecular complexity index is 414. The second-order valence-corrected chi connectivity index (χ2v) is 4.85. The zero-order chi connectivity index (χ0) is 13.7. The summed E-state index contributed by atoms with van der Waals surface area (Å²) in [6, 6.07) is -0.170. The maximum atomic E-state index is 11.8. The molecule has 0 radical (unpaired) electrons. The topological polar surface area (TPSA) is 81.1 Å². The molecular weight excluding hydrogens is 246 g/mol. The molecule has 0 saturated carbocycles. The third kappa shape index (κ3) is 4.00. The Morgan fingerprint density at radius 3 is 3.00 bits per heavy atom. The molecule has 0 spiro atoms. The monoisotopic (exact) mass is 267 g/mol. The normalized spacial score (nSPS) is 18.2. The molecule has 2 rings (SSSR count). The highest BCUT2D eigenvalue weighted by Crippen LogP contribution is 2.09. The molecule has 0 bridgehead atoms. The maximum Gasteiger partial charge on any atom is 0.246 e. The molecule has 1 aliphatic heterocycles. The molecule has 106 valence electrons. The fourth-order valence-corrected chi connectivity index (χ4v) is 2.19. The average molecular weight is 267 g/mol. The van der Waals surface area contributed by atoms with Gasteiger partial charge in [-0.1, -0.05) is 0 Å². The van der Waals surface area contributed by atoms with E-state index in [0.29, 0.717) is 0 Å². The summed E-state index contributed by atoms with van der Waals surface area (Å²) in [5.74, 6) is 0.615. The number of carbonyl (C=O) groups excluding carboxylic acids is 1. The van der Waals surface area contributed by atoms with Gasteiger partial charge in [-0.15, -0.1) is 10.2 Å². The molecule has 1 aliphatic rings. The van der Waals surface area contributed by atoms with E-state index in [2.05, 4.69) is 20.8 Å². The number of carbonyl (C=O) groups is 1. The van der Waals surface area contributed by atoms with Crippen molar-refractivity contribution in [3.8, 4) is 0 Å². The van der Waals surface area contributed by atoms with Crippen LogP contribution in [0.1, 0.15) is 31.6 Å². The number of rotatable bonds is 5. The predicted octanol–water partition coefficient (Wildman–Crippen LogP) is -0.239. The van der Waals surface area contributed by atoms with E-state index in [1.165, 1.54) is 0 Å². The molecule has 1 atom stereocenters. The first-order valence-electron chi connectivity index (χ1n) is 6.62. The van der Waals surface area contributed by atoms with Gasteiger partial charge in [-0.2, -0.15) is 0 Å². The molecule has 1 amide bonds. The number of piperidine rings is 1. The SMILES string of the molecule is CC(NC(=O)COC1CCNCC1)c1nncn1C. The van der Waals surface area contributed by atoms with E-state index in [9.17, 15) is 4.79 Å². The van der Waals surface area contributed by atoms with E-state index in [1.807, 2.05) is 14.0 Å². The van der Waals surface area contributed by atoms with Crippen LogP contribution in [0.2, 0.25) is 0 Å². The Hall–Kier alpha value is -1.47. The second kappa shape index (κ2) is 6.63. The number of amides is 1. The van der Waals surface area contributed by atoms with E-state index in [1.54, 1.807) is 10.9 Å². The Morgan fingerprint density at radius 2 is 2.37 bits per heavy atom. The van der Waals surface area contributed by atoms with Crippen molar-refractivity contribution in [2.75, 3.05) is 19.7 Å². The number of hydrogen-bond acceptors (Lipinski definition) is 5. The van der Waals surface area contributed by atoms with Crippen LogP contribution in [0.3, 0.4) is 0 Å². The lowest BCUT2D eigenvalue weighted by molar-refractivity contribution is -0.128. The van der Waals surface area contributed by atoms with Crippen molar-refractivity contribution in [3.05, 3.63) is 12.2 Å². The van der Waals surface area contributed by atoms with Crippen LogP contribution in [0.5, 0.6) is 0 Å². The molecular formula is C12H21N5O2. The third-order valence-electron chi connectivity index (χ3n) is 3.25. The van der Waals surface area contributed by atoms with Crippen LogP contribution >= 0.6 is 0 Å². The van der Waals surface area contributed by atoms with Crippen LogP contribution in [0.25, 0.3) is 0 Å². The van der Waals surface area contributed by atoms with Crippen LogP contribution in [0.4, 0.5) is 0 Å². The van der Waals surface area contributed by atoms with E-state index >= 15 is 0 Å². The maximum absolute atomic E-state index is 11.8. The first-order chi connectivity index (χ1) is 9.16. The molecule has 2 heterocycles. The first kappa shape index (κ1) is 14.0. The molecule has 1 saturated heterocycles. The second-order valence-electron chi connectivity index (χ2n) is 4.85. The smallest absolute Gasteiger partial charge is 0.246 e. The predicted molar refractivity (Wildman–Crippen MR) is 69.4 cm³/mol. The highest BCUT2D eigenvalue weighted by Gasteiger charge is 2.17. The van der Waals surface area contributed by atoms with Crippen LogP contribution in [-0.4, -0.2) is 46.5 Å². The molecule has 1 fully saturated rings. The summed E-state index contributed by atoms with van der Waals surface area (Å²) < 4.78 is 7.39. The van der Waals surface area contributed by atoms with E-state index in [4.69, 9.17) is 4.74 Å². The summed E-state index contributed by atoms with van der Waals surface area (Å²) in [6.07, 6.45) is 3.74. The highest BCUT2D eigenvalue weighted by molar-refractivity contribution is 5.77. The van der Waals surface area contributed by atoms with Crippen molar-refractivity contribution in [1.29, 1.82) is 0 Å². The highest BCUT2D eigenvalue weighted by atomic mass is 16.5. The molecule has 1 aromatic rings. The van der Waals surface area contributed by atoms with Gasteiger partial charge >= 0.3 is 0 Å². The number of hydrogen-bond donors (Lipinski definition) is 2. The molecule has 1 aromatic heterocycles. The van der Waals surface area contributed by atoms with Gasteiger partial charge in [-0.3, -0.25) is 4.79 Å². The van der Waals surface area contributed by atoms with Crippen LogP contribution in [-0.2, 0) is 16.6 Å². The Labute approximate surface area is 112 Å². The number of nitrogens with zero attached hydrogens (tertiary/aromatic N) is 3. The minimum Gasteiger partial charge on any atom is -0.368 e. The lowest BCUT2D eigenvalue weighted by Gasteiger charge is -2.23. The zero-order valence-electron chi connectivity index (χ0n) is 11.4. The Kier molecular flexibility index (Phi) is 4.86. The largest absolute Gasteiger partial charge is 0.368 e. The molecule has 19 heavy (non-hydrogen) atoms. The lowest BCUT2D eigenvalue weighted by Crippen LogP contribution is -2.36. The van der Waals surface area contributed by atoms with Crippen LogP contribution in [0, 0.1) is 0 Å². The lowest BCUT2D eigenvalue weighted by atomic mass is 10.1. The van der Waals surface area contributed by atoms with E-state index in [-0.39, 0.29) is 24.7 Å². The first-order valence-corrected chi connectivity index (χ1v) is 6.62. The van der Waals surface area contributed by atoms with Gasteiger partial charge in [0.2, 0.25) is 5.91 Å². The van der Waals surface area contributed by atoms with Crippen molar-refractivity contribution in [2.45, 2.75) is 31.9 Å². The van der Waals surface area contributed by atoms with Crippen molar-refractivity contribution in [2.24, 2.45) is 7.05 Å². The summed E-state index contributed by atoms with van der Waals surface area (Å²) in [5, 5.41) is 13.9. The quantitative estimate of drug-likeness (QED) is 0.769. The standard InChI is InChI=1S/C12H21N5O2/c1-9(12-16-14-8-17(12)2)15-11(18)7-19-10-3-5-13-6-4-10/h8-10,13H,3-7H2,1-2H3,(H,15,18). The fourth-order valence-electron chi connectivity index (χ4n) is 2.19. The van der Waals surface area contributed by atoms with Gasteiger partial charge in [0.05, 0.1) is 12.1 Å². The summed E-state index contributed by atoms with van der Waals surface area (Å²) in [7, 11) is 1.85. The summed E-state index contributed by atoms with van der Waals surface area (Å²) in [6.45, 7) is 3.91. The van der Waals surface area contributed by atoms with Crippen molar-refractivity contribution < 1.29 is 9.53 Å². The van der Waals surface area contributed by atoms with Crippen LogP contribution < -0.4 is 10.6 Å². The van der Waals surface area contributed by atoms with E-state index in [0.717, 1.165) is 31.8 Å². The summed E-state index contributed by atoms with van der Waals surface area (Å²) >= 11 is 0. The number of aromatic nitrogens is 3. The molecule has 7 heteroatoms. The van der Waals surface area contributed by atoms with Gasteiger partial charge in [0.25, 0.3) is 0 Å². The minimum atomic E-state index is -0.170.